The molecule has 0 bridgehead atoms. The zero-order chi connectivity index (χ0) is 23.2. The Kier molecular flexibility index (Phi) is 7.21. The maximum absolute atomic E-state index is 12.5. The minimum absolute atomic E-state index is 0.0483. The molecule has 2 atom stereocenters. The first-order valence-electron chi connectivity index (χ1n) is 10.8. The molecule has 0 aromatic heterocycles. The van der Waals surface area contributed by atoms with E-state index in [4.69, 9.17) is 19.3 Å². The molecule has 174 valence electrons. The highest BCUT2D eigenvalue weighted by Gasteiger charge is 2.36. The van der Waals surface area contributed by atoms with Crippen molar-refractivity contribution >= 4 is 18.0 Å². The van der Waals surface area contributed by atoms with E-state index in [9.17, 15) is 14.4 Å². The lowest BCUT2D eigenvalue weighted by Gasteiger charge is -2.20. The summed E-state index contributed by atoms with van der Waals surface area (Å²) in [5.41, 5.74) is 4.54. The Bertz CT molecular complexity index is 980. The normalized spacial score (nSPS) is 18.9. The van der Waals surface area contributed by atoms with Crippen molar-refractivity contribution in [3.05, 3.63) is 59.7 Å². The van der Waals surface area contributed by atoms with Crippen molar-refractivity contribution in [1.82, 2.24) is 10.6 Å². The summed E-state index contributed by atoms with van der Waals surface area (Å²) in [5, 5.41) is 13.9. The number of nitrogens with one attached hydrogen (secondary N) is 2. The Morgan fingerprint density at radius 2 is 1.70 bits per heavy atom. The summed E-state index contributed by atoms with van der Waals surface area (Å²) in [4.78, 5) is 35.3. The Balaban J connectivity index is 1.28. The zero-order valence-electron chi connectivity index (χ0n) is 18.0. The molecule has 1 saturated heterocycles. The predicted octanol–water partition coefficient (Wildman–Crippen LogP) is 1.90. The summed E-state index contributed by atoms with van der Waals surface area (Å²) in [6.07, 6.45) is -0.961. The summed E-state index contributed by atoms with van der Waals surface area (Å²) in [6, 6.07) is 15.7. The first-order chi connectivity index (χ1) is 16.0. The number of carbonyl (C=O) groups is 3. The molecule has 2 unspecified atom stereocenters. The van der Waals surface area contributed by atoms with Crippen molar-refractivity contribution in [1.29, 1.82) is 0 Å². The summed E-state index contributed by atoms with van der Waals surface area (Å²) in [5.74, 6) is -1.52. The second kappa shape index (κ2) is 10.5. The van der Waals surface area contributed by atoms with E-state index < -0.39 is 36.7 Å². The first kappa shape index (κ1) is 22.8. The number of rotatable bonds is 9. The summed E-state index contributed by atoms with van der Waals surface area (Å²) >= 11 is 0. The quantitative estimate of drug-likeness (QED) is 0.495. The van der Waals surface area contributed by atoms with Crippen LogP contribution in [0.4, 0.5) is 4.79 Å². The van der Waals surface area contributed by atoms with Gasteiger partial charge in [0.2, 0.25) is 0 Å². The number of fused-ring (bicyclic) bond motifs is 3. The third-order valence-electron chi connectivity index (χ3n) is 5.77. The Labute approximate surface area is 191 Å². The number of amides is 2. The van der Waals surface area contributed by atoms with Gasteiger partial charge < -0.3 is 30.0 Å². The van der Waals surface area contributed by atoms with Gasteiger partial charge in [0.25, 0.3) is 5.91 Å². The number of aliphatic carboxylic acids is 1. The number of carboxylic acids is 1. The van der Waals surface area contributed by atoms with Crippen molar-refractivity contribution in [2.75, 3.05) is 33.0 Å². The Morgan fingerprint density at radius 1 is 1.03 bits per heavy atom. The van der Waals surface area contributed by atoms with E-state index in [1.54, 1.807) is 0 Å². The SMILES string of the molecule is O=C(O)COCCNC(=O)C1OCCC1NC(=O)OCC1c2ccccc2-c2ccccc21. The second-order valence-corrected chi connectivity index (χ2v) is 7.89. The van der Waals surface area contributed by atoms with Crippen LogP contribution >= 0.6 is 0 Å². The van der Waals surface area contributed by atoms with Crippen molar-refractivity contribution in [3.63, 3.8) is 0 Å². The van der Waals surface area contributed by atoms with Gasteiger partial charge in [-0.3, -0.25) is 4.79 Å². The lowest BCUT2D eigenvalue weighted by Crippen LogP contribution is -2.49. The zero-order valence-corrected chi connectivity index (χ0v) is 18.0. The molecule has 4 rings (SSSR count). The average molecular weight is 454 g/mol. The van der Waals surface area contributed by atoms with Gasteiger partial charge >= 0.3 is 12.1 Å². The molecule has 1 heterocycles. The molecule has 0 radical (unpaired) electrons. The van der Waals surface area contributed by atoms with Crippen molar-refractivity contribution in [2.24, 2.45) is 0 Å². The van der Waals surface area contributed by atoms with Gasteiger partial charge in [0, 0.05) is 19.1 Å². The number of carbonyl (C=O) groups excluding carboxylic acids is 2. The highest BCUT2D eigenvalue weighted by molar-refractivity contribution is 5.83. The molecular weight excluding hydrogens is 428 g/mol. The Morgan fingerprint density at radius 3 is 2.36 bits per heavy atom. The third kappa shape index (κ3) is 5.32. The largest absolute Gasteiger partial charge is 0.480 e. The van der Waals surface area contributed by atoms with Crippen LogP contribution in [0.25, 0.3) is 11.1 Å². The molecule has 1 fully saturated rings. The van der Waals surface area contributed by atoms with Crippen LogP contribution in [0, 0.1) is 0 Å². The fourth-order valence-corrected chi connectivity index (χ4v) is 4.29. The van der Waals surface area contributed by atoms with E-state index in [-0.39, 0.29) is 25.7 Å². The topological polar surface area (TPSA) is 123 Å². The fourth-order valence-electron chi connectivity index (χ4n) is 4.29. The molecule has 3 N–H and O–H groups in total. The number of alkyl carbamates (subject to hydrolysis) is 1. The smallest absolute Gasteiger partial charge is 0.407 e. The van der Waals surface area contributed by atoms with Crippen LogP contribution in [-0.2, 0) is 23.8 Å². The minimum atomic E-state index is -1.08. The van der Waals surface area contributed by atoms with Crippen LogP contribution in [-0.4, -0.2) is 68.2 Å². The number of ether oxygens (including phenoxy) is 3. The van der Waals surface area contributed by atoms with Gasteiger partial charge in [0.1, 0.15) is 13.2 Å². The standard InChI is InChI=1S/C24H26N2O7/c27-21(28)14-31-12-10-25-23(29)22-20(9-11-32-22)26-24(30)33-13-19-17-7-3-1-5-15(17)16-6-2-4-8-18(16)19/h1-8,19-20,22H,9-14H2,(H,25,29)(H,26,30)(H,27,28). The molecule has 0 saturated carbocycles. The van der Waals surface area contributed by atoms with Crippen molar-refractivity contribution < 1.29 is 33.7 Å². The molecule has 9 nitrogen and oxygen atoms in total. The molecule has 2 aliphatic rings. The molecule has 2 aromatic rings. The lowest BCUT2D eigenvalue weighted by molar-refractivity contribution is -0.142. The second-order valence-electron chi connectivity index (χ2n) is 7.89. The van der Waals surface area contributed by atoms with E-state index in [1.807, 2.05) is 36.4 Å². The van der Waals surface area contributed by atoms with Crippen LogP contribution in [0.2, 0.25) is 0 Å². The lowest BCUT2D eigenvalue weighted by atomic mass is 9.98. The molecule has 33 heavy (non-hydrogen) atoms. The van der Waals surface area contributed by atoms with E-state index in [0.29, 0.717) is 13.0 Å². The van der Waals surface area contributed by atoms with Gasteiger partial charge in [0.05, 0.1) is 12.6 Å². The van der Waals surface area contributed by atoms with Gasteiger partial charge in [-0.15, -0.1) is 0 Å². The highest BCUT2D eigenvalue weighted by Crippen LogP contribution is 2.44. The average Bonchev–Trinajstić information content (AvgIpc) is 3.39. The van der Waals surface area contributed by atoms with E-state index in [1.165, 1.54) is 0 Å². The number of carboxylic acid groups (broad SMARTS) is 1. The summed E-state index contributed by atoms with van der Waals surface area (Å²) in [7, 11) is 0. The van der Waals surface area contributed by atoms with Crippen LogP contribution in [0.5, 0.6) is 0 Å². The fraction of sp³-hybridized carbons (Fsp3) is 0.375. The molecule has 9 heteroatoms. The van der Waals surface area contributed by atoms with Crippen molar-refractivity contribution in [2.45, 2.75) is 24.5 Å². The summed E-state index contributed by atoms with van der Waals surface area (Å²) < 4.78 is 15.9. The predicted molar refractivity (Wildman–Crippen MR) is 118 cm³/mol. The highest BCUT2D eigenvalue weighted by atomic mass is 16.6. The van der Waals surface area contributed by atoms with Gasteiger partial charge in [-0.1, -0.05) is 48.5 Å². The maximum atomic E-state index is 12.5. The van der Waals surface area contributed by atoms with Crippen LogP contribution in [0.1, 0.15) is 23.5 Å². The van der Waals surface area contributed by atoms with Crippen LogP contribution < -0.4 is 10.6 Å². The number of hydrogen-bond acceptors (Lipinski definition) is 6. The molecular formula is C24H26N2O7. The molecule has 2 aromatic carbocycles. The maximum Gasteiger partial charge on any atom is 0.407 e. The number of benzene rings is 2. The first-order valence-corrected chi connectivity index (χ1v) is 10.8. The molecule has 1 aliphatic carbocycles. The van der Waals surface area contributed by atoms with Crippen LogP contribution in [0.3, 0.4) is 0 Å². The summed E-state index contributed by atoms with van der Waals surface area (Å²) in [6.45, 7) is 0.299. The number of hydrogen-bond donors (Lipinski definition) is 3. The molecule has 0 spiro atoms. The Hall–Kier alpha value is -3.43. The van der Waals surface area contributed by atoms with Crippen molar-refractivity contribution in [3.8, 4) is 11.1 Å². The van der Waals surface area contributed by atoms with Crippen LogP contribution in [0.15, 0.2) is 48.5 Å². The van der Waals surface area contributed by atoms with E-state index >= 15 is 0 Å². The van der Waals surface area contributed by atoms with E-state index in [0.717, 1.165) is 22.3 Å². The minimum Gasteiger partial charge on any atom is -0.480 e. The molecule has 1 aliphatic heterocycles. The van der Waals surface area contributed by atoms with Gasteiger partial charge in [-0.2, -0.15) is 0 Å². The monoisotopic (exact) mass is 454 g/mol. The van der Waals surface area contributed by atoms with E-state index in [2.05, 4.69) is 22.8 Å². The molecule has 2 amide bonds. The third-order valence-corrected chi connectivity index (χ3v) is 5.77. The van der Waals surface area contributed by atoms with Gasteiger partial charge in [0.15, 0.2) is 6.10 Å². The van der Waals surface area contributed by atoms with Gasteiger partial charge in [-0.05, 0) is 28.7 Å². The van der Waals surface area contributed by atoms with Gasteiger partial charge in [-0.25, -0.2) is 9.59 Å².